The summed E-state index contributed by atoms with van der Waals surface area (Å²) in [6.45, 7) is 0. The second kappa shape index (κ2) is 9.27. The maximum Gasteiger partial charge on any atom is 0.282 e. The van der Waals surface area contributed by atoms with Gasteiger partial charge in [0.2, 0.25) is 0 Å². The van der Waals surface area contributed by atoms with E-state index in [1.807, 2.05) is 43.3 Å². The van der Waals surface area contributed by atoms with E-state index < -0.39 is 17.6 Å². The van der Waals surface area contributed by atoms with Crippen molar-refractivity contribution in [2.75, 3.05) is 43.4 Å². The van der Waals surface area contributed by atoms with Crippen LogP contribution in [0.3, 0.4) is 0 Å². The van der Waals surface area contributed by atoms with Gasteiger partial charge in [0, 0.05) is 31.5 Å². The van der Waals surface area contributed by atoms with Crippen LogP contribution in [-0.4, -0.2) is 40.1 Å². The highest BCUT2D eigenvalue weighted by Crippen LogP contribution is 2.37. The predicted octanol–water partition coefficient (Wildman–Crippen LogP) is 4.31. The molecule has 1 aliphatic rings. The Kier molecular flexibility index (Phi) is 6.23. The lowest BCUT2D eigenvalue weighted by Gasteiger charge is -2.17. The third-order valence-corrected chi connectivity index (χ3v) is 5.50. The number of benzene rings is 3. The third kappa shape index (κ3) is 4.17. The number of nitrogens with one attached hydrogen (secondary N) is 1. The Balaban J connectivity index is 1.78. The van der Waals surface area contributed by atoms with Crippen LogP contribution in [0, 0.1) is 5.82 Å². The molecular formula is C26H24FN3O4. The molecule has 0 radical (unpaired) electrons. The number of carbonyl (C=O) groups is 2. The second-order valence-electron chi connectivity index (χ2n) is 7.81. The van der Waals surface area contributed by atoms with Gasteiger partial charge in [-0.05, 0) is 54.1 Å². The summed E-state index contributed by atoms with van der Waals surface area (Å²) in [5.74, 6) is -0.655. The zero-order valence-electron chi connectivity index (χ0n) is 19.3. The van der Waals surface area contributed by atoms with Gasteiger partial charge in [-0.1, -0.05) is 12.1 Å². The Morgan fingerprint density at radius 1 is 0.824 bits per heavy atom. The van der Waals surface area contributed by atoms with E-state index in [1.54, 1.807) is 18.2 Å². The molecule has 8 heteroatoms. The first kappa shape index (κ1) is 22.8. The van der Waals surface area contributed by atoms with Crippen LogP contribution in [0.5, 0.6) is 11.5 Å². The monoisotopic (exact) mass is 461 g/mol. The van der Waals surface area contributed by atoms with Gasteiger partial charge in [0.1, 0.15) is 11.5 Å². The first-order valence-electron chi connectivity index (χ1n) is 10.5. The zero-order chi connectivity index (χ0) is 24.4. The van der Waals surface area contributed by atoms with Gasteiger partial charge >= 0.3 is 0 Å². The topological polar surface area (TPSA) is 71.1 Å². The van der Waals surface area contributed by atoms with E-state index in [0.717, 1.165) is 10.6 Å². The molecule has 3 aromatic carbocycles. The summed E-state index contributed by atoms with van der Waals surface area (Å²) in [7, 11) is 6.83. The number of imide groups is 1. The van der Waals surface area contributed by atoms with Gasteiger partial charge in [0.05, 0.1) is 25.5 Å². The van der Waals surface area contributed by atoms with Crippen molar-refractivity contribution in [1.82, 2.24) is 0 Å². The number of ether oxygens (including phenoxy) is 2. The molecule has 0 fully saturated rings. The third-order valence-electron chi connectivity index (χ3n) is 5.50. The molecule has 174 valence electrons. The number of halogens is 1. The summed E-state index contributed by atoms with van der Waals surface area (Å²) in [5.41, 5.74) is 2.62. The van der Waals surface area contributed by atoms with E-state index in [4.69, 9.17) is 9.47 Å². The highest BCUT2D eigenvalue weighted by Gasteiger charge is 2.40. The predicted molar refractivity (Wildman–Crippen MR) is 130 cm³/mol. The van der Waals surface area contributed by atoms with Crippen molar-refractivity contribution in [1.29, 1.82) is 0 Å². The van der Waals surface area contributed by atoms with Crippen LogP contribution in [0.2, 0.25) is 0 Å². The average molecular weight is 461 g/mol. The molecule has 4 rings (SSSR count). The minimum atomic E-state index is -0.534. The van der Waals surface area contributed by atoms with Gasteiger partial charge in [-0.2, -0.15) is 0 Å². The largest absolute Gasteiger partial charge is 0.493 e. The minimum absolute atomic E-state index is 0.101. The molecule has 0 aliphatic carbocycles. The molecule has 0 saturated heterocycles. The summed E-state index contributed by atoms with van der Waals surface area (Å²) in [5, 5.41) is 3.10. The Morgan fingerprint density at radius 3 is 2.06 bits per heavy atom. The molecule has 3 aromatic rings. The summed E-state index contributed by atoms with van der Waals surface area (Å²) in [6.07, 6.45) is 0. The lowest BCUT2D eigenvalue weighted by molar-refractivity contribution is -0.120. The van der Waals surface area contributed by atoms with Gasteiger partial charge in [0.25, 0.3) is 11.8 Å². The quantitative estimate of drug-likeness (QED) is 0.529. The average Bonchev–Trinajstić information content (AvgIpc) is 3.08. The summed E-state index contributed by atoms with van der Waals surface area (Å²) in [4.78, 5) is 30.1. The lowest BCUT2D eigenvalue weighted by atomic mass is 10.0. The van der Waals surface area contributed by atoms with Crippen molar-refractivity contribution in [3.63, 3.8) is 0 Å². The minimum Gasteiger partial charge on any atom is -0.493 e. The molecule has 0 atom stereocenters. The maximum absolute atomic E-state index is 13.6. The Morgan fingerprint density at radius 2 is 1.47 bits per heavy atom. The van der Waals surface area contributed by atoms with Crippen LogP contribution in [0.15, 0.2) is 72.4 Å². The molecule has 2 amide bonds. The van der Waals surface area contributed by atoms with E-state index >= 15 is 0 Å². The van der Waals surface area contributed by atoms with E-state index in [0.29, 0.717) is 28.4 Å². The Hall–Kier alpha value is -4.33. The SMILES string of the molecule is COc1ccc(N2C(=O)C(Nc3ccc(N(C)C)cc3)=C(c3ccc(F)cc3)C2=O)cc1OC. The molecule has 0 saturated carbocycles. The van der Waals surface area contributed by atoms with Crippen LogP contribution in [0.25, 0.3) is 5.57 Å². The number of anilines is 3. The van der Waals surface area contributed by atoms with Crippen LogP contribution in [0.1, 0.15) is 5.56 Å². The number of methoxy groups -OCH3 is 2. The first-order chi connectivity index (χ1) is 16.3. The van der Waals surface area contributed by atoms with Crippen molar-refractivity contribution in [3.05, 3.63) is 83.8 Å². The molecule has 1 N–H and O–H groups in total. The van der Waals surface area contributed by atoms with Crippen molar-refractivity contribution >= 4 is 34.4 Å². The van der Waals surface area contributed by atoms with Gasteiger partial charge in [-0.25, -0.2) is 9.29 Å². The first-order valence-corrected chi connectivity index (χ1v) is 10.5. The fourth-order valence-corrected chi connectivity index (χ4v) is 3.72. The summed E-state index contributed by atoms with van der Waals surface area (Å²) < 4.78 is 24.2. The molecule has 1 heterocycles. The van der Waals surface area contributed by atoms with Crippen molar-refractivity contribution in [2.24, 2.45) is 0 Å². The zero-order valence-corrected chi connectivity index (χ0v) is 19.3. The number of nitrogens with zero attached hydrogens (tertiary/aromatic N) is 2. The van der Waals surface area contributed by atoms with Crippen molar-refractivity contribution < 1.29 is 23.5 Å². The Bertz CT molecular complexity index is 1270. The highest BCUT2D eigenvalue weighted by molar-refractivity contribution is 6.46. The van der Waals surface area contributed by atoms with Crippen LogP contribution in [0.4, 0.5) is 21.5 Å². The molecule has 1 aliphatic heterocycles. The molecule has 7 nitrogen and oxygen atoms in total. The van der Waals surface area contributed by atoms with Crippen molar-refractivity contribution in [2.45, 2.75) is 0 Å². The van der Waals surface area contributed by atoms with Crippen molar-refractivity contribution in [3.8, 4) is 11.5 Å². The van der Waals surface area contributed by atoms with Gasteiger partial charge in [-0.3, -0.25) is 9.59 Å². The smallest absolute Gasteiger partial charge is 0.282 e. The van der Waals surface area contributed by atoms with E-state index in [-0.39, 0.29) is 11.3 Å². The summed E-state index contributed by atoms with van der Waals surface area (Å²) in [6, 6.07) is 17.7. The fourth-order valence-electron chi connectivity index (χ4n) is 3.72. The molecule has 0 spiro atoms. The van der Waals surface area contributed by atoms with Crippen LogP contribution >= 0.6 is 0 Å². The molecule has 0 unspecified atom stereocenters. The number of amides is 2. The summed E-state index contributed by atoms with van der Waals surface area (Å²) >= 11 is 0. The lowest BCUT2D eigenvalue weighted by Crippen LogP contribution is -2.32. The van der Waals surface area contributed by atoms with E-state index in [1.165, 1.54) is 38.5 Å². The maximum atomic E-state index is 13.6. The van der Waals surface area contributed by atoms with E-state index in [2.05, 4.69) is 5.32 Å². The van der Waals surface area contributed by atoms with Crippen LogP contribution < -0.4 is 24.6 Å². The van der Waals surface area contributed by atoms with Gasteiger partial charge in [0.15, 0.2) is 11.5 Å². The van der Waals surface area contributed by atoms with Crippen LogP contribution in [-0.2, 0) is 9.59 Å². The molecule has 0 aromatic heterocycles. The van der Waals surface area contributed by atoms with Gasteiger partial charge in [-0.15, -0.1) is 0 Å². The second-order valence-corrected chi connectivity index (χ2v) is 7.81. The fraction of sp³-hybridized carbons (Fsp3) is 0.154. The number of hydrogen-bond donors (Lipinski definition) is 1. The van der Waals surface area contributed by atoms with E-state index in [9.17, 15) is 14.0 Å². The number of rotatable bonds is 7. The highest BCUT2D eigenvalue weighted by atomic mass is 19.1. The molecular weight excluding hydrogens is 437 g/mol. The normalized spacial score (nSPS) is 13.4. The molecule has 0 bridgehead atoms. The number of carbonyl (C=O) groups excluding carboxylic acids is 2. The van der Waals surface area contributed by atoms with Gasteiger partial charge < -0.3 is 19.7 Å². The number of hydrogen-bond acceptors (Lipinski definition) is 6. The Labute approximate surface area is 197 Å². The molecule has 34 heavy (non-hydrogen) atoms. The standard InChI is InChI=1S/C26H24FN3O4/c1-29(2)19-11-9-18(10-12-19)28-24-23(16-5-7-17(27)8-6-16)25(31)30(26(24)32)20-13-14-21(33-3)22(15-20)34-4/h5-15,28H,1-4H3.